The fraction of sp³-hybridized carbons (Fsp3) is 0.0625. The minimum Gasteiger partial charge on any atom is -0.497 e. The van der Waals surface area contributed by atoms with Gasteiger partial charge in [-0.05, 0) is 36.4 Å². The van der Waals surface area contributed by atoms with E-state index in [1.54, 1.807) is 43.6 Å². The Labute approximate surface area is 121 Å². The van der Waals surface area contributed by atoms with E-state index in [1.165, 1.54) is 0 Å². The maximum Gasteiger partial charge on any atom is 0.195 e. The van der Waals surface area contributed by atoms with Crippen LogP contribution in [0.2, 0.25) is 5.02 Å². The van der Waals surface area contributed by atoms with E-state index in [1.807, 2.05) is 12.1 Å². The predicted octanol–water partition coefficient (Wildman–Crippen LogP) is 4.06. The SMILES string of the molecule is COc1ccc(C(=O)c2c[nH]c3cccc(Cl)c23)cc1. The molecule has 2 aromatic carbocycles. The lowest BCUT2D eigenvalue weighted by Gasteiger charge is -2.03. The topological polar surface area (TPSA) is 42.1 Å². The smallest absolute Gasteiger partial charge is 0.195 e. The Bertz CT molecular complexity index is 775. The molecule has 3 rings (SSSR count). The molecule has 1 N–H and O–H groups in total. The van der Waals surface area contributed by atoms with Crippen LogP contribution in [0.4, 0.5) is 0 Å². The molecule has 0 saturated heterocycles. The van der Waals surface area contributed by atoms with Gasteiger partial charge in [0, 0.05) is 28.2 Å². The quantitative estimate of drug-likeness (QED) is 0.737. The number of ether oxygens (including phenoxy) is 1. The van der Waals surface area contributed by atoms with E-state index >= 15 is 0 Å². The van der Waals surface area contributed by atoms with Gasteiger partial charge in [0.05, 0.1) is 12.1 Å². The second-order valence-electron chi connectivity index (χ2n) is 4.42. The molecule has 0 aliphatic carbocycles. The van der Waals surface area contributed by atoms with Gasteiger partial charge in [-0.25, -0.2) is 0 Å². The van der Waals surface area contributed by atoms with Crippen molar-refractivity contribution in [1.82, 2.24) is 4.98 Å². The first-order valence-electron chi connectivity index (χ1n) is 6.15. The predicted molar refractivity (Wildman–Crippen MR) is 79.7 cm³/mol. The number of hydrogen-bond donors (Lipinski definition) is 1. The van der Waals surface area contributed by atoms with E-state index in [0.717, 1.165) is 16.7 Å². The highest BCUT2D eigenvalue weighted by Crippen LogP contribution is 2.28. The Kier molecular flexibility index (Phi) is 3.20. The molecule has 4 heteroatoms. The summed E-state index contributed by atoms with van der Waals surface area (Å²) in [5.74, 6) is 0.658. The summed E-state index contributed by atoms with van der Waals surface area (Å²) in [6.45, 7) is 0. The molecule has 100 valence electrons. The summed E-state index contributed by atoms with van der Waals surface area (Å²) < 4.78 is 5.09. The number of fused-ring (bicyclic) bond motifs is 1. The van der Waals surface area contributed by atoms with E-state index in [9.17, 15) is 4.79 Å². The fourth-order valence-electron chi connectivity index (χ4n) is 2.22. The van der Waals surface area contributed by atoms with Crippen LogP contribution in [0.5, 0.6) is 5.75 Å². The number of aromatic nitrogens is 1. The molecular formula is C16H12ClNO2. The molecule has 0 amide bonds. The van der Waals surface area contributed by atoms with Gasteiger partial charge in [-0.1, -0.05) is 17.7 Å². The summed E-state index contributed by atoms with van der Waals surface area (Å²) in [5, 5.41) is 1.33. The Morgan fingerprint density at radius 2 is 1.90 bits per heavy atom. The molecule has 3 nitrogen and oxygen atoms in total. The number of carbonyl (C=O) groups is 1. The van der Waals surface area contributed by atoms with Gasteiger partial charge >= 0.3 is 0 Å². The van der Waals surface area contributed by atoms with Gasteiger partial charge in [-0.2, -0.15) is 0 Å². The van der Waals surface area contributed by atoms with E-state index in [2.05, 4.69) is 4.98 Å². The highest BCUT2D eigenvalue weighted by Gasteiger charge is 2.16. The standard InChI is InChI=1S/C16H12ClNO2/c1-20-11-7-5-10(6-8-11)16(19)12-9-18-14-4-2-3-13(17)15(12)14/h2-9,18H,1H3. The Balaban J connectivity index is 2.08. The Morgan fingerprint density at radius 3 is 2.60 bits per heavy atom. The summed E-state index contributed by atoms with van der Waals surface area (Å²) >= 11 is 6.19. The molecule has 1 heterocycles. The lowest BCUT2D eigenvalue weighted by atomic mass is 10.0. The van der Waals surface area contributed by atoms with E-state index in [0.29, 0.717) is 16.1 Å². The van der Waals surface area contributed by atoms with Crippen LogP contribution in [0.3, 0.4) is 0 Å². The highest BCUT2D eigenvalue weighted by molar-refractivity contribution is 6.37. The zero-order valence-electron chi connectivity index (χ0n) is 10.8. The average Bonchev–Trinajstić information content (AvgIpc) is 2.92. The molecule has 1 aromatic heterocycles. The van der Waals surface area contributed by atoms with Crippen LogP contribution in [0.1, 0.15) is 15.9 Å². The van der Waals surface area contributed by atoms with Crippen molar-refractivity contribution in [2.45, 2.75) is 0 Å². The number of nitrogens with one attached hydrogen (secondary N) is 1. The number of rotatable bonds is 3. The first-order chi connectivity index (χ1) is 9.70. The summed E-state index contributed by atoms with van der Waals surface area (Å²) in [6, 6.07) is 12.6. The number of halogens is 1. The van der Waals surface area contributed by atoms with Crippen LogP contribution in [0, 0.1) is 0 Å². The van der Waals surface area contributed by atoms with Crippen LogP contribution < -0.4 is 4.74 Å². The zero-order valence-corrected chi connectivity index (χ0v) is 11.6. The van der Waals surface area contributed by atoms with Crippen molar-refractivity contribution < 1.29 is 9.53 Å². The zero-order chi connectivity index (χ0) is 14.1. The third-order valence-corrected chi connectivity index (χ3v) is 3.57. The second-order valence-corrected chi connectivity index (χ2v) is 4.83. The number of H-pyrrole nitrogens is 1. The van der Waals surface area contributed by atoms with Gasteiger partial charge < -0.3 is 9.72 Å². The van der Waals surface area contributed by atoms with Crippen LogP contribution >= 0.6 is 11.6 Å². The summed E-state index contributed by atoms with van der Waals surface area (Å²) in [5.41, 5.74) is 2.04. The first kappa shape index (κ1) is 12.8. The van der Waals surface area contributed by atoms with Crippen molar-refractivity contribution in [3.63, 3.8) is 0 Å². The second kappa shape index (κ2) is 5.02. The van der Waals surface area contributed by atoms with Crippen molar-refractivity contribution in [2.75, 3.05) is 7.11 Å². The van der Waals surface area contributed by atoms with Gasteiger partial charge in [0.1, 0.15) is 5.75 Å². The molecule has 0 saturated carbocycles. The van der Waals surface area contributed by atoms with E-state index < -0.39 is 0 Å². The Morgan fingerprint density at radius 1 is 1.15 bits per heavy atom. The van der Waals surface area contributed by atoms with E-state index in [-0.39, 0.29) is 5.78 Å². The largest absolute Gasteiger partial charge is 0.497 e. The van der Waals surface area contributed by atoms with Crippen molar-refractivity contribution in [1.29, 1.82) is 0 Å². The molecule has 3 aromatic rings. The molecule has 0 radical (unpaired) electrons. The normalized spacial score (nSPS) is 10.7. The molecule has 0 aliphatic rings. The van der Waals surface area contributed by atoms with Gasteiger partial charge in [0.2, 0.25) is 0 Å². The molecule has 0 aliphatic heterocycles. The molecule has 0 unspecified atom stereocenters. The van der Waals surface area contributed by atoms with Gasteiger partial charge in [-0.3, -0.25) is 4.79 Å². The molecule has 20 heavy (non-hydrogen) atoms. The molecule has 0 bridgehead atoms. The first-order valence-corrected chi connectivity index (χ1v) is 6.53. The van der Waals surface area contributed by atoms with Crippen molar-refractivity contribution in [3.8, 4) is 5.75 Å². The highest BCUT2D eigenvalue weighted by atomic mass is 35.5. The average molecular weight is 286 g/mol. The monoisotopic (exact) mass is 285 g/mol. The van der Waals surface area contributed by atoms with Gasteiger partial charge in [0.15, 0.2) is 5.78 Å². The summed E-state index contributed by atoms with van der Waals surface area (Å²) in [7, 11) is 1.59. The van der Waals surface area contributed by atoms with Gasteiger partial charge in [-0.15, -0.1) is 0 Å². The maximum atomic E-state index is 12.6. The van der Waals surface area contributed by atoms with Crippen molar-refractivity contribution in [3.05, 3.63) is 64.8 Å². The minimum absolute atomic E-state index is 0.0630. The molecule has 0 atom stereocenters. The molecule has 0 spiro atoms. The number of methoxy groups -OCH3 is 1. The number of aromatic amines is 1. The lowest BCUT2D eigenvalue weighted by molar-refractivity contribution is 0.104. The minimum atomic E-state index is -0.0630. The number of benzene rings is 2. The summed E-state index contributed by atoms with van der Waals surface area (Å²) in [6.07, 6.45) is 1.70. The number of carbonyl (C=O) groups excluding carboxylic acids is 1. The lowest BCUT2D eigenvalue weighted by Crippen LogP contribution is -2.00. The molecule has 0 fully saturated rings. The van der Waals surface area contributed by atoms with Crippen LogP contribution in [-0.2, 0) is 0 Å². The van der Waals surface area contributed by atoms with Crippen molar-refractivity contribution in [2.24, 2.45) is 0 Å². The number of ketones is 1. The summed E-state index contributed by atoms with van der Waals surface area (Å²) in [4.78, 5) is 15.6. The third-order valence-electron chi connectivity index (χ3n) is 3.25. The van der Waals surface area contributed by atoms with Crippen LogP contribution in [0.25, 0.3) is 10.9 Å². The van der Waals surface area contributed by atoms with Crippen LogP contribution in [-0.4, -0.2) is 17.9 Å². The van der Waals surface area contributed by atoms with Gasteiger partial charge in [0.25, 0.3) is 0 Å². The maximum absolute atomic E-state index is 12.6. The molecular weight excluding hydrogens is 274 g/mol. The number of hydrogen-bond acceptors (Lipinski definition) is 2. The van der Waals surface area contributed by atoms with E-state index in [4.69, 9.17) is 16.3 Å². The van der Waals surface area contributed by atoms with Crippen molar-refractivity contribution >= 4 is 28.3 Å². The Hall–Kier alpha value is -2.26. The van der Waals surface area contributed by atoms with Crippen LogP contribution in [0.15, 0.2) is 48.7 Å². The fourth-order valence-corrected chi connectivity index (χ4v) is 2.49. The third kappa shape index (κ3) is 2.06.